The molecule has 0 bridgehead atoms. The van der Waals surface area contributed by atoms with Crippen molar-refractivity contribution in [3.05, 3.63) is 24.3 Å². The Morgan fingerprint density at radius 1 is 1.45 bits per heavy atom. The fourth-order valence-corrected chi connectivity index (χ4v) is 1.93. The van der Waals surface area contributed by atoms with Crippen molar-refractivity contribution >= 4 is 29.3 Å². The van der Waals surface area contributed by atoms with E-state index < -0.39 is 18.6 Å². The molecular formula is C13H18N2O4S. The monoisotopic (exact) mass is 298 g/mol. The van der Waals surface area contributed by atoms with Gasteiger partial charge in [0.05, 0.1) is 11.7 Å². The third-order valence-electron chi connectivity index (χ3n) is 2.47. The van der Waals surface area contributed by atoms with E-state index in [1.807, 2.05) is 6.26 Å². The van der Waals surface area contributed by atoms with Crippen LogP contribution in [0.2, 0.25) is 0 Å². The molecule has 0 heterocycles. The summed E-state index contributed by atoms with van der Waals surface area (Å²) in [5.74, 6) is -0.292. The summed E-state index contributed by atoms with van der Waals surface area (Å²) < 4.78 is 5.10. The minimum Gasteiger partial charge on any atom is -0.480 e. The van der Waals surface area contributed by atoms with Gasteiger partial charge in [-0.1, -0.05) is 12.1 Å². The number of carbonyl (C=O) groups is 2. The largest absolute Gasteiger partial charge is 0.480 e. The van der Waals surface area contributed by atoms with Crippen molar-refractivity contribution < 1.29 is 19.4 Å². The molecule has 1 atom stereocenters. The van der Waals surface area contributed by atoms with Crippen LogP contribution in [0.25, 0.3) is 0 Å². The van der Waals surface area contributed by atoms with Crippen molar-refractivity contribution in [1.82, 2.24) is 0 Å². The van der Waals surface area contributed by atoms with Crippen LogP contribution >= 0.6 is 11.8 Å². The van der Waals surface area contributed by atoms with Gasteiger partial charge in [-0.2, -0.15) is 11.8 Å². The van der Waals surface area contributed by atoms with Crippen LogP contribution in [0.5, 0.6) is 5.75 Å². The van der Waals surface area contributed by atoms with Gasteiger partial charge in [-0.25, -0.2) is 4.79 Å². The molecule has 1 aromatic carbocycles. The second-order valence-electron chi connectivity index (χ2n) is 4.06. The fourth-order valence-electron chi connectivity index (χ4n) is 1.44. The molecule has 0 aromatic heterocycles. The van der Waals surface area contributed by atoms with Crippen LogP contribution in [0.1, 0.15) is 6.42 Å². The number of aliphatic carboxylic acids is 1. The molecule has 1 aromatic rings. The van der Waals surface area contributed by atoms with Crippen molar-refractivity contribution in [3.63, 3.8) is 0 Å². The number of carbonyl (C=O) groups excluding carboxylic acids is 1. The molecule has 6 nitrogen and oxygen atoms in total. The Hall–Kier alpha value is -1.73. The van der Waals surface area contributed by atoms with Crippen LogP contribution in [0.4, 0.5) is 5.69 Å². The lowest BCUT2D eigenvalue weighted by atomic mass is 10.2. The molecule has 0 saturated carbocycles. The lowest BCUT2D eigenvalue weighted by Gasteiger charge is -2.14. The van der Waals surface area contributed by atoms with Gasteiger partial charge >= 0.3 is 5.97 Å². The van der Waals surface area contributed by atoms with Gasteiger partial charge < -0.3 is 20.9 Å². The number of carboxylic acid groups (broad SMARTS) is 1. The van der Waals surface area contributed by atoms with Crippen LogP contribution in [0, 0.1) is 0 Å². The number of para-hydroxylation sites is 2. The predicted molar refractivity (Wildman–Crippen MR) is 79.2 cm³/mol. The second-order valence-corrected chi connectivity index (χ2v) is 5.04. The Labute approximate surface area is 121 Å². The summed E-state index contributed by atoms with van der Waals surface area (Å²) in [7, 11) is 0. The van der Waals surface area contributed by atoms with Gasteiger partial charge in [0, 0.05) is 0 Å². The number of hydrogen-bond donors (Lipinski definition) is 3. The van der Waals surface area contributed by atoms with Gasteiger partial charge in [0.15, 0.2) is 6.61 Å². The van der Waals surface area contributed by atoms with Crippen molar-refractivity contribution in [3.8, 4) is 5.75 Å². The molecule has 1 rings (SSSR count). The van der Waals surface area contributed by atoms with E-state index >= 15 is 0 Å². The summed E-state index contributed by atoms with van der Waals surface area (Å²) in [6.45, 7) is -0.467. The summed E-state index contributed by atoms with van der Waals surface area (Å²) in [4.78, 5) is 22.4. The van der Waals surface area contributed by atoms with E-state index in [4.69, 9.17) is 15.6 Å². The van der Waals surface area contributed by atoms with Gasteiger partial charge in [-0.3, -0.25) is 4.79 Å². The standard InChI is InChI=1S/C13H18N2O4S/c1-20-7-6-9(14)13(18)15-10-4-2-3-5-11(10)19-8-12(16)17/h2-5,9H,6-8,14H2,1H3,(H,15,18)(H,16,17)/t9-/m1/s1. The molecule has 0 saturated heterocycles. The average molecular weight is 298 g/mol. The number of anilines is 1. The molecule has 0 fully saturated rings. The van der Waals surface area contributed by atoms with Crippen molar-refractivity contribution in [2.24, 2.45) is 5.73 Å². The average Bonchev–Trinajstić information content (AvgIpc) is 2.43. The van der Waals surface area contributed by atoms with Gasteiger partial charge in [0.2, 0.25) is 5.91 Å². The minimum absolute atomic E-state index is 0.306. The number of benzene rings is 1. The molecular weight excluding hydrogens is 280 g/mol. The highest BCUT2D eigenvalue weighted by Crippen LogP contribution is 2.23. The second kappa shape index (κ2) is 8.44. The Balaban J connectivity index is 2.66. The number of ether oxygens (including phenoxy) is 1. The molecule has 4 N–H and O–H groups in total. The highest BCUT2D eigenvalue weighted by atomic mass is 32.2. The SMILES string of the molecule is CSCC[C@@H](N)C(=O)Nc1ccccc1OCC(=O)O. The number of amides is 1. The summed E-state index contributed by atoms with van der Waals surface area (Å²) in [6, 6.07) is 6.04. The molecule has 7 heteroatoms. The van der Waals surface area contributed by atoms with Gasteiger partial charge in [0.1, 0.15) is 5.75 Å². The van der Waals surface area contributed by atoms with E-state index in [0.717, 1.165) is 5.75 Å². The summed E-state index contributed by atoms with van der Waals surface area (Å²) >= 11 is 1.62. The van der Waals surface area contributed by atoms with Crippen LogP contribution in [0.3, 0.4) is 0 Å². The Bertz CT molecular complexity index is 467. The zero-order chi connectivity index (χ0) is 15.0. The fraction of sp³-hybridized carbons (Fsp3) is 0.385. The molecule has 0 aliphatic heterocycles. The Morgan fingerprint density at radius 2 is 2.15 bits per heavy atom. The van der Waals surface area contributed by atoms with Gasteiger partial charge in [0.25, 0.3) is 0 Å². The predicted octanol–water partition coefficient (Wildman–Crippen LogP) is 1.17. The highest BCUT2D eigenvalue weighted by molar-refractivity contribution is 7.98. The number of rotatable bonds is 8. The number of thioether (sulfide) groups is 1. The van der Waals surface area contributed by atoms with Crippen LogP contribution < -0.4 is 15.8 Å². The minimum atomic E-state index is -1.08. The maximum Gasteiger partial charge on any atom is 0.341 e. The third-order valence-corrected chi connectivity index (χ3v) is 3.11. The first-order chi connectivity index (χ1) is 9.54. The normalized spacial score (nSPS) is 11.7. The van der Waals surface area contributed by atoms with Crippen LogP contribution in [-0.2, 0) is 9.59 Å². The van der Waals surface area contributed by atoms with E-state index in [2.05, 4.69) is 5.32 Å². The Kier molecular flexibility index (Phi) is 6.89. The van der Waals surface area contributed by atoms with Gasteiger partial charge in [-0.05, 0) is 30.6 Å². The van der Waals surface area contributed by atoms with Crippen molar-refractivity contribution in [2.75, 3.05) is 23.9 Å². The molecule has 20 heavy (non-hydrogen) atoms. The van der Waals surface area contributed by atoms with E-state index in [-0.39, 0.29) is 5.91 Å². The van der Waals surface area contributed by atoms with Crippen LogP contribution in [0.15, 0.2) is 24.3 Å². The van der Waals surface area contributed by atoms with Gasteiger partial charge in [-0.15, -0.1) is 0 Å². The molecule has 0 aliphatic rings. The van der Waals surface area contributed by atoms with E-state index in [1.165, 1.54) is 0 Å². The summed E-state index contributed by atoms with van der Waals surface area (Å²) in [5.41, 5.74) is 6.18. The van der Waals surface area contributed by atoms with E-state index in [0.29, 0.717) is 17.9 Å². The molecule has 110 valence electrons. The maximum absolute atomic E-state index is 11.9. The van der Waals surface area contributed by atoms with Crippen LogP contribution in [-0.4, -0.2) is 41.6 Å². The van der Waals surface area contributed by atoms with Crippen molar-refractivity contribution in [2.45, 2.75) is 12.5 Å². The number of carboxylic acids is 1. The third kappa shape index (κ3) is 5.50. The lowest BCUT2D eigenvalue weighted by molar-refractivity contribution is -0.139. The molecule has 0 aliphatic carbocycles. The first-order valence-corrected chi connectivity index (χ1v) is 7.43. The zero-order valence-corrected chi connectivity index (χ0v) is 12.0. The molecule has 1 amide bonds. The zero-order valence-electron chi connectivity index (χ0n) is 11.2. The first kappa shape index (κ1) is 16.3. The molecule has 0 spiro atoms. The summed E-state index contributed by atoms with van der Waals surface area (Å²) in [6.07, 6.45) is 2.52. The molecule has 0 unspecified atom stereocenters. The van der Waals surface area contributed by atoms with E-state index in [9.17, 15) is 9.59 Å². The smallest absolute Gasteiger partial charge is 0.341 e. The summed E-state index contributed by atoms with van der Waals surface area (Å²) in [5, 5.41) is 11.3. The first-order valence-electron chi connectivity index (χ1n) is 6.03. The number of nitrogens with one attached hydrogen (secondary N) is 1. The Morgan fingerprint density at radius 3 is 2.80 bits per heavy atom. The quantitative estimate of drug-likeness (QED) is 0.666. The van der Waals surface area contributed by atoms with E-state index in [1.54, 1.807) is 36.0 Å². The topological polar surface area (TPSA) is 102 Å². The number of hydrogen-bond acceptors (Lipinski definition) is 5. The molecule has 0 radical (unpaired) electrons. The van der Waals surface area contributed by atoms with Crippen molar-refractivity contribution in [1.29, 1.82) is 0 Å². The number of nitrogens with two attached hydrogens (primary N) is 1. The maximum atomic E-state index is 11.9. The highest BCUT2D eigenvalue weighted by Gasteiger charge is 2.15. The lowest BCUT2D eigenvalue weighted by Crippen LogP contribution is -2.36.